The monoisotopic (exact) mass is 281 g/mol. The number of aryl methyl sites for hydroxylation is 2. The third-order valence-corrected chi connectivity index (χ3v) is 3.63. The van der Waals surface area contributed by atoms with Gasteiger partial charge in [-0.15, -0.1) is 0 Å². The number of anilines is 2. The van der Waals surface area contributed by atoms with E-state index in [2.05, 4.69) is 9.69 Å². The third kappa shape index (κ3) is 2.78. The lowest BCUT2D eigenvalue weighted by Gasteiger charge is -2.09. The summed E-state index contributed by atoms with van der Waals surface area (Å²) in [5, 5.41) is 3.98. The van der Waals surface area contributed by atoms with Crippen molar-refractivity contribution in [3.63, 3.8) is 0 Å². The standard InChI is InChI=1S/C13H16FN3OS/c1-7-4-9(5-8(2)10(7)14)6-16-13-11(18-3)12(15)17-19-13/h4-5,16H,6H2,1-3H3,(H2,15,17). The van der Waals surface area contributed by atoms with E-state index >= 15 is 0 Å². The van der Waals surface area contributed by atoms with Gasteiger partial charge in [0.1, 0.15) is 5.82 Å². The van der Waals surface area contributed by atoms with Gasteiger partial charge in [0.05, 0.1) is 7.11 Å². The van der Waals surface area contributed by atoms with Gasteiger partial charge in [-0.2, -0.15) is 4.37 Å². The van der Waals surface area contributed by atoms with Crippen LogP contribution in [0.2, 0.25) is 0 Å². The molecule has 102 valence electrons. The molecule has 3 N–H and O–H groups in total. The fourth-order valence-corrected chi connectivity index (χ4v) is 2.60. The second kappa shape index (κ2) is 5.44. The smallest absolute Gasteiger partial charge is 0.197 e. The van der Waals surface area contributed by atoms with Crippen LogP contribution in [0.1, 0.15) is 16.7 Å². The molecule has 2 rings (SSSR count). The summed E-state index contributed by atoms with van der Waals surface area (Å²) in [7, 11) is 1.55. The molecule has 4 nitrogen and oxygen atoms in total. The molecule has 0 spiro atoms. The number of methoxy groups -OCH3 is 1. The Morgan fingerprint density at radius 2 is 2.00 bits per heavy atom. The van der Waals surface area contributed by atoms with E-state index in [1.807, 2.05) is 12.1 Å². The first-order valence-corrected chi connectivity index (χ1v) is 6.59. The summed E-state index contributed by atoms with van der Waals surface area (Å²) >= 11 is 1.25. The Kier molecular flexibility index (Phi) is 3.90. The highest BCUT2D eigenvalue weighted by molar-refractivity contribution is 7.11. The van der Waals surface area contributed by atoms with Gasteiger partial charge in [0.25, 0.3) is 0 Å². The number of nitrogens with one attached hydrogen (secondary N) is 1. The summed E-state index contributed by atoms with van der Waals surface area (Å²) in [5.74, 6) is 0.783. The minimum Gasteiger partial charge on any atom is -0.490 e. The maximum absolute atomic E-state index is 13.5. The highest BCUT2D eigenvalue weighted by Crippen LogP contribution is 2.35. The molecule has 0 unspecified atom stereocenters. The van der Waals surface area contributed by atoms with Crippen LogP contribution in [0.5, 0.6) is 5.75 Å². The van der Waals surface area contributed by atoms with Gasteiger partial charge in [0.15, 0.2) is 16.6 Å². The normalized spacial score (nSPS) is 10.5. The molecule has 0 aliphatic rings. The predicted molar refractivity (Wildman–Crippen MR) is 76.3 cm³/mol. The van der Waals surface area contributed by atoms with Gasteiger partial charge >= 0.3 is 0 Å². The van der Waals surface area contributed by atoms with E-state index in [9.17, 15) is 4.39 Å². The van der Waals surface area contributed by atoms with Gasteiger partial charge in [-0.05, 0) is 42.1 Å². The molecule has 0 saturated carbocycles. The lowest BCUT2D eigenvalue weighted by Crippen LogP contribution is -2.02. The zero-order valence-electron chi connectivity index (χ0n) is 11.1. The van der Waals surface area contributed by atoms with Gasteiger partial charge in [-0.25, -0.2) is 4.39 Å². The molecule has 2 aromatic rings. The van der Waals surface area contributed by atoms with Crippen LogP contribution in [-0.4, -0.2) is 11.5 Å². The molecule has 0 atom stereocenters. The Hall–Kier alpha value is -1.82. The van der Waals surface area contributed by atoms with Crippen molar-refractivity contribution in [2.45, 2.75) is 20.4 Å². The van der Waals surface area contributed by atoms with Crippen LogP contribution >= 0.6 is 11.5 Å². The maximum Gasteiger partial charge on any atom is 0.197 e. The second-order valence-corrected chi connectivity index (χ2v) is 5.10. The fourth-order valence-electron chi connectivity index (χ4n) is 1.92. The molecular weight excluding hydrogens is 265 g/mol. The molecule has 0 aliphatic carbocycles. The number of hydrogen-bond acceptors (Lipinski definition) is 5. The number of hydrogen-bond donors (Lipinski definition) is 2. The number of nitrogen functional groups attached to an aromatic ring is 1. The zero-order valence-corrected chi connectivity index (χ0v) is 11.9. The Balaban J connectivity index is 2.14. The van der Waals surface area contributed by atoms with Crippen molar-refractivity contribution in [1.29, 1.82) is 0 Å². The molecular formula is C13H16FN3OS. The molecule has 0 saturated heterocycles. The topological polar surface area (TPSA) is 60.2 Å². The van der Waals surface area contributed by atoms with Crippen LogP contribution in [0, 0.1) is 19.7 Å². The number of nitrogens with zero attached hydrogens (tertiary/aromatic N) is 1. The summed E-state index contributed by atoms with van der Waals surface area (Å²) in [5.41, 5.74) is 7.97. The average molecular weight is 281 g/mol. The van der Waals surface area contributed by atoms with Crippen molar-refractivity contribution in [2.24, 2.45) is 0 Å². The van der Waals surface area contributed by atoms with Crippen molar-refractivity contribution in [2.75, 3.05) is 18.2 Å². The number of rotatable bonds is 4. The van der Waals surface area contributed by atoms with Gasteiger partial charge in [0, 0.05) is 6.54 Å². The van der Waals surface area contributed by atoms with E-state index in [1.54, 1.807) is 21.0 Å². The molecule has 0 aliphatic heterocycles. The van der Waals surface area contributed by atoms with Crippen LogP contribution in [0.3, 0.4) is 0 Å². The first-order valence-electron chi connectivity index (χ1n) is 5.81. The average Bonchev–Trinajstić information content (AvgIpc) is 2.73. The minimum absolute atomic E-state index is 0.150. The van der Waals surface area contributed by atoms with Crippen LogP contribution in [0.15, 0.2) is 12.1 Å². The highest BCUT2D eigenvalue weighted by Gasteiger charge is 2.12. The molecule has 6 heteroatoms. The van der Waals surface area contributed by atoms with E-state index in [-0.39, 0.29) is 5.82 Å². The largest absolute Gasteiger partial charge is 0.490 e. The van der Waals surface area contributed by atoms with Gasteiger partial charge in [0.2, 0.25) is 0 Å². The zero-order chi connectivity index (χ0) is 14.0. The summed E-state index contributed by atoms with van der Waals surface area (Å²) < 4.78 is 22.7. The van der Waals surface area contributed by atoms with E-state index in [0.29, 0.717) is 29.2 Å². The van der Waals surface area contributed by atoms with Crippen LogP contribution in [0.4, 0.5) is 15.2 Å². The minimum atomic E-state index is -0.150. The quantitative estimate of drug-likeness (QED) is 0.904. The van der Waals surface area contributed by atoms with Crippen LogP contribution < -0.4 is 15.8 Å². The number of aromatic nitrogens is 1. The van der Waals surface area contributed by atoms with E-state index in [1.165, 1.54) is 11.5 Å². The number of halogens is 1. The van der Waals surface area contributed by atoms with Crippen molar-refractivity contribution < 1.29 is 9.13 Å². The van der Waals surface area contributed by atoms with Gasteiger partial charge < -0.3 is 15.8 Å². The molecule has 0 fully saturated rings. The number of ether oxygens (including phenoxy) is 1. The fraction of sp³-hybridized carbons (Fsp3) is 0.308. The molecule has 1 heterocycles. The molecule has 0 amide bonds. The first kappa shape index (κ1) is 13.6. The summed E-state index contributed by atoms with van der Waals surface area (Å²) in [6.45, 7) is 4.09. The SMILES string of the molecule is COc1c(N)nsc1NCc1cc(C)c(F)c(C)c1. The first-order chi connectivity index (χ1) is 9.02. The Morgan fingerprint density at radius 1 is 1.37 bits per heavy atom. The van der Waals surface area contributed by atoms with E-state index in [4.69, 9.17) is 10.5 Å². The van der Waals surface area contributed by atoms with Crippen molar-refractivity contribution in [3.05, 3.63) is 34.6 Å². The third-order valence-electron chi connectivity index (χ3n) is 2.83. The van der Waals surface area contributed by atoms with Crippen LogP contribution in [-0.2, 0) is 6.54 Å². The molecule has 0 bridgehead atoms. The van der Waals surface area contributed by atoms with Crippen molar-refractivity contribution in [1.82, 2.24) is 4.37 Å². The lowest BCUT2D eigenvalue weighted by molar-refractivity contribution is 0.419. The van der Waals surface area contributed by atoms with Crippen molar-refractivity contribution >= 4 is 22.4 Å². The number of benzene rings is 1. The Morgan fingerprint density at radius 3 is 2.58 bits per heavy atom. The summed E-state index contributed by atoms with van der Waals surface area (Å²) in [6.07, 6.45) is 0. The summed E-state index contributed by atoms with van der Waals surface area (Å²) in [6, 6.07) is 3.65. The Labute approximate surface area is 115 Å². The van der Waals surface area contributed by atoms with Crippen LogP contribution in [0.25, 0.3) is 0 Å². The van der Waals surface area contributed by atoms with E-state index in [0.717, 1.165) is 10.6 Å². The van der Waals surface area contributed by atoms with Gasteiger partial charge in [-0.1, -0.05) is 12.1 Å². The number of nitrogens with two attached hydrogens (primary N) is 1. The van der Waals surface area contributed by atoms with Crippen molar-refractivity contribution in [3.8, 4) is 5.75 Å². The predicted octanol–water partition coefficient (Wildman–Crippen LogP) is 3.10. The molecule has 19 heavy (non-hydrogen) atoms. The second-order valence-electron chi connectivity index (χ2n) is 4.33. The van der Waals surface area contributed by atoms with E-state index < -0.39 is 0 Å². The lowest BCUT2D eigenvalue weighted by atomic mass is 10.1. The summed E-state index contributed by atoms with van der Waals surface area (Å²) in [4.78, 5) is 0. The Bertz CT molecular complexity index is 575. The maximum atomic E-state index is 13.5. The molecule has 1 aromatic carbocycles. The highest BCUT2D eigenvalue weighted by atomic mass is 32.1. The van der Waals surface area contributed by atoms with Gasteiger partial charge in [-0.3, -0.25) is 0 Å². The molecule has 0 radical (unpaired) electrons. The molecule has 1 aromatic heterocycles.